The van der Waals surface area contributed by atoms with Gasteiger partial charge in [-0.25, -0.2) is 9.98 Å². The second-order valence-corrected chi connectivity index (χ2v) is 6.46. The number of aryl methyl sites for hydroxylation is 1. The fraction of sp³-hybridized carbons (Fsp3) is 0.750. The monoisotopic (exact) mass is 478 g/mol. The third kappa shape index (κ3) is 7.06. The molecule has 10 heteroatoms. The Kier molecular flexibility index (Phi) is 9.84. The molecule has 9 nitrogen and oxygen atoms in total. The van der Waals surface area contributed by atoms with Gasteiger partial charge in [-0.1, -0.05) is 0 Å². The van der Waals surface area contributed by atoms with Gasteiger partial charge in [0.1, 0.15) is 18.7 Å². The third-order valence-corrected chi connectivity index (χ3v) is 4.00. The first-order valence-electron chi connectivity index (χ1n) is 8.87. The second-order valence-electron chi connectivity index (χ2n) is 6.46. The topological polar surface area (TPSA) is 90.7 Å². The van der Waals surface area contributed by atoms with Crippen molar-refractivity contribution < 1.29 is 4.79 Å². The van der Waals surface area contributed by atoms with Crippen molar-refractivity contribution in [2.75, 3.05) is 39.3 Å². The lowest BCUT2D eigenvalue weighted by Gasteiger charge is -2.36. The van der Waals surface area contributed by atoms with E-state index in [2.05, 4.69) is 42.4 Å². The van der Waals surface area contributed by atoms with Gasteiger partial charge < -0.3 is 15.5 Å². The van der Waals surface area contributed by atoms with Gasteiger partial charge in [0.25, 0.3) is 0 Å². The van der Waals surface area contributed by atoms with Gasteiger partial charge in [-0.3, -0.25) is 14.4 Å². The molecule has 2 heterocycles. The average Bonchev–Trinajstić information content (AvgIpc) is 2.96. The van der Waals surface area contributed by atoms with Gasteiger partial charge in [-0.05, 0) is 20.8 Å². The minimum absolute atomic E-state index is 0. The van der Waals surface area contributed by atoms with E-state index in [4.69, 9.17) is 0 Å². The van der Waals surface area contributed by atoms with E-state index < -0.39 is 0 Å². The molecule has 148 valence electrons. The minimum atomic E-state index is 0. The van der Waals surface area contributed by atoms with Gasteiger partial charge in [0.2, 0.25) is 5.91 Å². The number of carbonyl (C=O) groups excluding carboxylic acids is 1. The summed E-state index contributed by atoms with van der Waals surface area (Å²) < 4.78 is 1.73. The number of aromatic nitrogens is 3. The van der Waals surface area contributed by atoms with Gasteiger partial charge >= 0.3 is 0 Å². The van der Waals surface area contributed by atoms with Crippen molar-refractivity contribution in [3.63, 3.8) is 0 Å². The highest BCUT2D eigenvalue weighted by atomic mass is 127. The zero-order valence-corrected chi connectivity index (χ0v) is 18.4. The number of amides is 1. The lowest BCUT2D eigenvalue weighted by molar-refractivity contribution is -0.123. The van der Waals surface area contributed by atoms with Crippen LogP contribution < -0.4 is 10.6 Å². The molecule has 1 aliphatic rings. The summed E-state index contributed by atoms with van der Waals surface area (Å²) in [5.41, 5.74) is 0. The molecule has 1 aliphatic heterocycles. The van der Waals surface area contributed by atoms with Crippen molar-refractivity contribution >= 4 is 35.8 Å². The fourth-order valence-corrected chi connectivity index (χ4v) is 2.72. The summed E-state index contributed by atoms with van der Waals surface area (Å²) in [5, 5.41) is 10.3. The number of carbonyl (C=O) groups is 1. The first-order valence-corrected chi connectivity index (χ1v) is 8.87. The molecule has 0 radical (unpaired) electrons. The predicted octanol–water partition coefficient (Wildman–Crippen LogP) is 0.0408. The van der Waals surface area contributed by atoms with Crippen LogP contribution in [0, 0.1) is 0 Å². The number of aliphatic imine (C=N–C) groups is 1. The number of piperazine rings is 1. The van der Waals surface area contributed by atoms with E-state index in [1.54, 1.807) is 11.0 Å². The molecule has 0 saturated carbocycles. The lowest BCUT2D eigenvalue weighted by atomic mass is 10.3. The normalized spacial score (nSPS) is 15.7. The lowest BCUT2D eigenvalue weighted by Crippen LogP contribution is -2.54. The largest absolute Gasteiger partial charge is 0.357 e. The highest BCUT2D eigenvalue weighted by molar-refractivity contribution is 14.0. The van der Waals surface area contributed by atoms with Crippen LogP contribution in [-0.2, 0) is 18.4 Å². The Morgan fingerprint density at radius 2 is 2.00 bits per heavy atom. The van der Waals surface area contributed by atoms with Gasteiger partial charge in [-0.15, -0.1) is 24.0 Å². The van der Waals surface area contributed by atoms with Crippen LogP contribution in [0.1, 0.15) is 26.6 Å². The number of nitrogens with zero attached hydrogens (tertiary/aromatic N) is 6. The standard InChI is InChI=1S/C16H30N8O.HI/c1-5-17-16(18-10-14-19-12-20-22(14)4)24-8-6-23(7-9-24)11-15(25)21-13(2)3;/h12-13H,5-11H2,1-4H3,(H,17,18)(H,21,25);1H. The number of rotatable bonds is 6. The summed E-state index contributed by atoms with van der Waals surface area (Å²) in [6, 6.07) is 0.182. The molecule has 0 aliphatic carbocycles. The summed E-state index contributed by atoms with van der Waals surface area (Å²) in [4.78, 5) is 25.2. The maximum Gasteiger partial charge on any atom is 0.234 e. The molecule has 1 saturated heterocycles. The van der Waals surface area contributed by atoms with Crippen molar-refractivity contribution in [2.45, 2.75) is 33.4 Å². The molecular weight excluding hydrogens is 447 g/mol. The molecule has 1 amide bonds. The zero-order valence-electron chi connectivity index (χ0n) is 16.1. The Labute approximate surface area is 172 Å². The van der Waals surface area contributed by atoms with Crippen LogP contribution in [0.5, 0.6) is 0 Å². The van der Waals surface area contributed by atoms with Crippen LogP contribution in [-0.4, -0.2) is 81.7 Å². The molecule has 0 aromatic carbocycles. The molecular formula is C16H31IN8O. The number of hydrogen-bond acceptors (Lipinski definition) is 5. The highest BCUT2D eigenvalue weighted by Crippen LogP contribution is 2.04. The Hall–Kier alpha value is -1.43. The van der Waals surface area contributed by atoms with E-state index >= 15 is 0 Å². The predicted molar refractivity (Wildman–Crippen MR) is 113 cm³/mol. The van der Waals surface area contributed by atoms with Gasteiger partial charge in [0.15, 0.2) is 5.96 Å². The summed E-state index contributed by atoms with van der Waals surface area (Å²) in [5.74, 6) is 1.81. The van der Waals surface area contributed by atoms with E-state index in [1.165, 1.54) is 0 Å². The van der Waals surface area contributed by atoms with Gasteiger partial charge in [-0.2, -0.15) is 5.10 Å². The number of hydrogen-bond donors (Lipinski definition) is 2. The maximum absolute atomic E-state index is 11.9. The van der Waals surface area contributed by atoms with Crippen LogP contribution in [0.2, 0.25) is 0 Å². The van der Waals surface area contributed by atoms with Crippen molar-refractivity contribution in [2.24, 2.45) is 12.0 Å². The third-order valence-electron chi connectivity index (χ3n) is 4.00. The molecule has 0 atom stereocenters. The van der Waals surface area contributed by atoms with Crippen molar-refractivity contribution in [1.29, 1.82) is 0 Å². The Bertz CT molecular complexity index is 581. The van der Waals surface area contributed by atoms with Gasteiger partial charge in [0.05, 0.1) is 6.54 Å². The van der Waals surface area contributed by atoms with E-state index in [-0.39, 0.29) is 35.9 Å². The molecule has 0 spiro atoms. The summed E-state index contributed by atoms with van der Waals surface area (Å²) in [6.45, 7) is 11.2. The first kappa shape index (κ1) is 22.6. The number of nitrogens with one attached hydrogen (secondary N) is 2. The van der Waals surface area contributed by atoms with Crippen molar-refractivity contribution in [3.8, 4) is 0 Å². The van der Waals surface area contributed by atoms with Crippen LogP contribution in [0.15, 0.2) is 11.3 Å². The summed E-state index contributed by atoms with van der Waals surface area (Å²) >= 11 is 0. The quantitative estimate of drug-likeness (QED) is 0.341. The Morgan fingerprint density at radius 3 is 2.54 bits per heavy atom. The number of halogens is 1. The van der Waals surface area contributed by atoms with Crippen LogP contribution >= 0.6 is 24.0 Å². The maximum atomic E-state index is 11.9. The number of guanidine groups is 1. The molecule has 0 bridgehead atoms. The van der Waals surface area contributed by atoms with Crippen LogP contribution in [0.3, 0.4) is 0 Å². The molecule has 1 aromatic heterocycles. The molecule has 26 heavy (non-hydrogen) atoms. The second kappa shape index (κ2) is 11.3. The molecule has 2 N–H and O–H groups in total. The molecule has 0 unspecified atom stereocenters. The smallest absolute Gasteiger partial charge is 0.234 e. The van der Waals surface area contributed by atoms with Gasteiger partial charge in [0, 0.05) is 45.8 Å². The zero-order chi connectivity index (χ0) is 18.2. The van der Waals surface area contributed by atoms with Crippen molar-refractivity contribution in [1.82, 2.24) is 35.2 Å². The molecule has 1 fully saturated rings. The first-order chi connectivity index (χ1) is 12.0. The Morgan fingerprint density at radius 1 is 1.31 bits per heavy atom. The summed E-state index contributed by atoms with van der Waals surface area (Å²) in [7, 11) is 1.87. The molecule has 2 rings (SSSR count). The van der Waals surface area contributed by atoms with Crippen LogP contribution in [0.4, 0.5) is 0 Å². The van der Waals surface area contributed by atoms with E-state index in [0.29, 0.717) is 13.1 Å². The fourth-order valence-electron chi connectivity index (χ4n) is 2.72. The van der Waals surface area contributed by atoms with E-state index in [0.717, 1.165) is 44.5 Å². The van der Waals surface area contributed by atoms with E-state index in [1.807, 2.05) is 20.9 Å². The average molecular weight is 478 g/mol. The minimum Gasteiger partial charge on any atom is -0.357 e. The molecule has 1 aromatic rings. The van der Waals surface area contributed by atoms with Crippen molar-refractivity contribution in [3.05, 3.63) is 12.2 Å². The Balaban J connectivity index is 0.00000338. The van der Waals surface area contributed by atoms with Crippen LogP contribution in [0.25, 0.3) is 0 Å². The highest BCUT2D eigenvalue weighted by Gasteiger charge is 2.21. The SMILES string of the molecule is CCNC(=NCc1ncnn1C)N1CCN(CC(=O)NC(C)C)CC1.I. The summed E-state index contributed by atoms with van der Waals surface area (Å²) in [6.07, 6.45) is 1.54. The van der Waals surface area contributed by atoms with E-state index in [9.17, 15) is 4.79 Å².